The lowest BCUT2D eigenvalue weighted by atomic mass is 10.1. The second kappa shape index (κ2) is 34.6. The SMILES string of the molecule is CCC(=O)c1ccccc1S.CNC(=O)c1ccccc1Sc1ccc2c(/C=C/c3ccccn3)n[nH]c2c1.CNC(=O)c1ccccc1Sc1ccc2c(/C=C/c3ccccn3)nn(C3CCCCO3)c2c1.Ic1ccc2c(/C=C/c3ccccn3)nn(C3CCCCO3)c2c1. The molecule has 2 aliphatic heterocycles. The fourth-order valence-corrected chi connectivity index (χ4v) is 13.6. The number of halogens is 1. The lowest BCUT2D eigenvalue weighted by molar-refractivity contribution is -0.0368. The quantitative estimate of drug-likeness (QED) is 0.0405. The second-order valence-electron chi connectivity index (χ2n) is 22.4. The molecule has 0 radical (unpaired) electrons. The van der Waals surface area contributed by atoms with E-state index in [1.165, 1.54) is 9.99 Å². The van der Waals surface area contributed by atoms with Gasteiger partial charge in [-0.25, -0.2) is 9.36 Å². The monoisotopic (exact) mass is 1450 g/mol. The average molecular weight is 1450 g/mol. The van der Waals surface area contributed by atoms with Crippen LogP contribution < -0.4 is 10.6 Å². The lowest BCUT2D eigenvalue weighted by Crippen LogP contribution is -2.19. The number of carbonyl (C=O) groups excluding carboxylic acids is 3. The summed E-state index contributed by atoms with van der Waals surface area (Å²) in [7, 11) is 3.29. The number of hydrogen-bond acceptors (Lipinski definition) is 14. The molecule has 8 heterocycles. The minimum Gasteiger partial charge on any atom is -0.356 e. The number of Topliss-reactive ketones (excluding diaryl/α,β-unsaturated/α-hetero) is 1. The summed E-state index contributed by atoms with van der Waals surface area (Å²) in [6.07, 6.45) is 24.3. The van der Waals surface area contributed by atoms with E-state index in [4.69, 9.17) is 19.7 Å². The van der Waals surface area contributed by atoms with Crippen molar-refractivity contribution in [3.63, 3.8) is 0 Å². The fraction of sp³-hybridized carbons (Fsp3) is 0.182. The molecule has 16 nitrogen and oxygen atoms in total. The number of ether oxygens (including phenoxy) is 2. The Morgan fingerprint density at radius 2 is 0.990 bits per heavy atom. The van der Waals surface area contributed by atoms with Gasteiger partial charge >= 0.3 is 0 Å². The highest BCUT2D eigenvalue weighted by Crippen LogP contribution is 2.37. The minimum atomic E-state index is -0.0910. The molecule has 2 fully saturated rings. The fourth-order valence-electron chi connectivity index (χ4n) is 10.9. The molecule has 97 heavy (non-hydrogen) atoms. The molecule has 0 aliphatic carbocycles. The molecule has 2 amide bonds. The second-order valence-corrected chi connectivity index (χ2v) is 26.3. The van der Waals surface area contributed by atoms with Crippen molar-refractivity contribution in [2.75, 3.05) is 27.3 Å². The van der Waals surface area contributed by atoms with Crippen molar-refractivity contribution in [3.05, 3.63) is 255 Å². The Bertz CT molecular complexity index is 4740. The summed E-state index contributed by atoms with van der Waals surface area (Å²) < 4.78 is 17.3. The van der Waals surface area contributed by atoms with Crippen molar-refractivity contribution in [2.45, 2.75) is 88.8 Å². The maximum absolute atomic E-state index is 12.3. The first kappa shape index (κ1) is 69.1. The Morgan fingerprint density at radius 3 is 1.46 bits per heavy atom. The zero-order valence-electron chi connectivity index (χ0n) is 53.8. The van der Waals surface area contributed by atoms with Crippen LogP contribution in [0.2, 0.25) is 0 Å². The predicted molar refractivity (Wildman–Crippen MR) is 402 cm³/mol. The van der Waals surface area contributed by atoms with Gasteiger partial charge < -0.3 is 20.1 Å². The van der Waals surface area contributed by atoms with Gasteiger partial charge in [0.1, 0.15) is 0 Å². The Morgan fingerprint density at radius 1 is 0.536 bits per heavy atom. The standard InChI is InChI=1S/C27H26N4O2S.C22H18N4OS.C19H18IN3O.C9H10OS/c1-28-27(32)22-9-2-3-10-25(22)34-20-13-14-21-23(15-12-19-8-4-6-16-29-19)30-31(24(21)18-20)26-11-5-7-17-33-26;1-23-22(27)18-7-2-3-8-21(18)28-16-10-11-17-19(25-26-20(17)14-16)12-9-15-6-4-5-13-24-15;20-14-7-9-16-17(10-8-15-5-1-3-11-21-15)22-23(18(16)13-14)19-6-2-4-12-24-19;1-2-8(10)7-5-3-4-6-9(7)11/h2-4,6,8-10,12-16,18,26H,5,7,11,17H2,1H3,(H,28,32);2-14H,1H3,(H,23,27)(H,25,26);1,3,5,7-11,13,19H,2,4,6,12H2;3-6,11H,2H2,1H3/b15-12+;12-9+;10-8+;. The van der Waals surface area contributed by atoms with E-state index in [2.05, 4.69) is 112 Å². The van der Waals surface area contributed by atoms with Gasteiger partial charge in [-0.05, 0) is 219 Å². The van der Waals surface area contributed by atoms with E-state index in [9.17, 15) is 14.4 Å². The third-order valence-corrected chi connectivity index (χ3v) is 19.0. The van der Waals surface area contributed by atoms with E-state index in [0.717, 1.165) is 142 Å². The Kier molecular flexibility index (Phi) is 24.6. The normalized spacial score (nSPS) is 14.6. The van der Waals surface area contributed by atoms with E-state index in [-0.39, 0.29) is 30.1 Å². The first-order chi connectivity index (χ1) is 47.5. The maximum Gasteiger partial charge on any atom is 0.252 e. The van der Waals surface area contributed by atoms with Crippen LogP contribution in [0.3, 0.4) is 0 Å². The van der Waals surface area contributed by atoms with Gasteiger partial charge in [0.2, 0.25) is 0 Å². The highest BCUT2D eigenvalue weighted by atomic mass is 127. The Hall–Kier alpha value is -9.29. The van der Waals surface area contributed by atoms with Crippen LogP contribution in [-0.2, 0) is 9.47 Å². The van der Waals surface area contributed by atoms with Crippen molar-refractivity contribution in [1.82, 2.24) is 55.3 Å². The van der Waals surface area contributed by atoms with E-state index in [0.29, 0.717) is 17.5 Å². The summed E-state index contributed by atoms with van der Waals surface area (Å²) in [5.41, 5.74) is 10.6. The average Bonchev–Trinajstić information content (AvgIpc) is 1.66. The van der Waals surface area contributed by atoms with Crippen LogP contribution in [0.5, 0.6) is 0 Å². The predicted octanol–water partition coefficient (Wildman–Crippen LogP) is 17.9. The highest BCUT2D eigenvalue weighted by Gasteiger charge is 2.23. The maximum atomic E-state index is 12.3. The summed E-state index contributed by atoms with van der Waals surface area (Å²) in [6, 6.07) is 59.0. The van der Waals surface area contributed by atoms with Crippen molar-refractivity contribution in [1.29, 1.82) is 0 Å². The number of amides is 2. The van der Waals surface area contributed by atoms with Crippen molar-refractivity contribution in [2.24, 2.45) is 0 Å². The summed E-state index contributed by atoms with van der Waals surface area (Å²) in [4.78, 5) is 53.3. The van der Waals surface area contributed by atoms with Gasteiger partial charge in [0.05, 0.1) is 61.8 Å². The van der Waals surface area contributed by atoms with Crippen LogP contribution in [0.4, 0.5) is 0 Å². The molecule has 2 unspecified atom stereocenters. The van der Waals surface area contributed by atoms with Gasteiger partial charge in [0, 0.05) is 102 Å². The number of ketones is 1. The number of H-pyrrole nitrogens is 1. The number of hydrogen-bond donors (Lipinski definition) is 4. The van der Waals surface area contributed by atoms with Gasteiger partial charge in [0.15, 0.2) is 18.2 Å². The molecule has 0 spiro atoms. The van der Waals surface area contributed by atoms with Crippen LogP contribution in [0.1, 0.15) is 130 Å². The van der Waals surface area contributed by atoms with Crippen molar-refractivity contribution >= 4 is 146 Å². The zero-order valence-corrected chi connectivity index (χ0v) is 58.5. The molecule has 2 saturated heterocycles. The number of rotatable bonds is 16. The molecular weight excluding hydrogens is 1380 g/mol. The summed E-state index contributed by atoms with van der Waals surface area (Å²) in [6.45, 7) is 3.41. The number of nitrogens with zero attached hydrogens (tertiary/aromatic N) is 8. The Balaban J connectivity index is 0.000000138. The molecule has 6 aromatic carbocycles. The number of fused-ring (bicyclic) bond motifs is 3. The number of aromatic amines is 1. The van der Waals surface area contributed by atoms with Gasteiger partial charge in [0.25, 0.3) is 11.8 Å². The first-order valence-corrected chi connectivity index (χ1v) is 35.2. The Labute approximate surface area is 591 Å². The molecule has 12 aromatic rings. The van der Waals surface area contributed by atoms with Gasteiger partial charge in [-0.1, -0.05) is 91.1 Å². The van der Waals surface area contributed by atoms with E-state index >= 15 is 0 Å². The summed E-state index contributed by atoms with van der Waals surface area (Å²) in [5.74, 6) is -0.0324. The molecule has 14 rings (SSSR count). The molecule has 20 heteroatoms. The summed E-state index contributed by atoms with van der Waals surface area (Å²) in [5, 5.41) is 25.9. The van der Waals surface area contributed by atoms with Crippen molar-refractivity contribution in [3.8, 4) is 0 Å². The van der Waals surface area contributed by atoms with Crippen LogP contribution in [0.25, 0.3) is 69.2 Å². The van der Waals surface area contributed by atoms with E-state index < -0.39 is 0 Å². The number of aromatic nitrogens is 9. The van der Waals surface area contributed by atoms with Crippen molar-refractivity contribution < 1.29 is 23.9 Å². The van der Waals surface area contributed by atoms with Crippen LogP contribution in [0, 0.1) is 3.57 Å². The minimum absolute atomic E-state index is 0.0384. The van der Waals surface area contributed by atoms with Gasteiger partial charge in [-0.15, -0.1) is 12.6 Å². The molecule has 2 atom stereocenters. The number of pyridine rings is 3. The molecule has 490 valence electrons. The lowest BCUT2D eigenvalue weighted by Gasteiger charge is -2.23. The number of carbonyl (C=O) groups is 3. The molecule has 0 bridgehead atoms. The number of benzene rings is 6. The van der Waals surface area contributed by atoms with Crippen LogP contribution in [-0.4, -0.2) is 89.6 Å². The van der Waals surface area contributed by atoms with Gasteiger partial charge in [-0.2, -0.15) is 15.3 Å². The van der Waals surface area contributed by atoms with Crippen LogP contribution in [0.15, 0.2) is 225 Å². The highest BCUT2D eigenvalue weighted by molar-refractivity contribution is 14.1. The zero-order chi connectivity index (χ0) is 67.3. The molecular formula is C77H72IN11O5S3. The van der Waals surface area contributed by atoms with Crippen LogP contribution >= 0.6 is 58.7 Å². The first-order valence-electron chi connectivity index (χ1n) is 32.0. The third kappa shape index (κ3) is 18.2. The molecule has 0 saturated carbocycles. The topological polar surface area (TPSA) is 197 Å². The number of thiol groups is 1. The smallest absolute Gasteiger partial charge is 0.252 e. The van der Waals surface area contributed by atoms with E-state index in [1.807, 2.05) is 188 Å². The summed E-state index contributed by atoms with van der Waals surface area (Å²) >= 11 is 9.65. The number of nitrogens with one attached hydrogen (secondary N) is 3. The largest absolute Gasteiger partial charge is 0.356 e. The van der Waals surface area contributed by atoms with Gasteiger partial charge in [-0.3, -0.25) is 34.4 Å². The molecule has 3 N–H and O–H groups in total. The molecule has 2 aliphatic rings. The van der Waals surface area contributed by atoms with E-state index in [1.54, 1.807) is 62.3 Å². The third-order valence-electron chi connectivity index (χ3n) is 15.8. The molecule has 6 aromatic heterocycles.